The number of nitrogens with one attached hydrogen (secondary N) is 1. The Bertz CT molecular complexity index is 832. The summed E-state index contributed by atoms with van der Waals surface area (Å²) in [5, 5.41) is 2.95. The summed E-state index contributed by atoms with van der Waals surface area (Å²) in [6.07, 6.45) is 0.589. The smallest absolute Gasteiger partial charge is 0.266 e. The Hall–Kier alpha value is -2.53. The van der Waals surface area contributed by atoms with Crippen LogP contribution in [0.3, 0.4) is 0 Å². The second-order valence-electron chi connectivity index (χ2n) is 6.18. The second kappa shape index (κ2) is 5.24. The lowest BCUT2D eigenvalue weighted by Gasteiger charge is -2.38. The third-order valence-electron chi connectivity index (χ3n) is 4.72. The van der Waals surface area contributed by atoms with Gasteiger partial charge in [-0.3, -0.25) is 4.79 Å². The summed E-state index contributed by atoms with van der Waals surface area (Å²) in [6.45, 7) is 1.98. The van der Waals surface area contributed by atoms with Crippen LogP contribution in [0.25, 0.3) is 0 Å². The first kappa shape index (κ1) is 15.0. The van der Waals surface area contributed by atoms with Crippen LogP contribution in [0.5, 0.6) is 11.5 Å². The minimum atomic E-state index is -1.18. The van der Waals surface area contributed by atoms with Crippen molar-refractivity contribution in [2.45, 2.75) is 25.0 Å². The summed E-state index contributed by atoms with van der Waals surface area (Å²) in [6, 6.07) is 11.4. The van der Waals surface area contributed by atoms with Crippen LogP contribution >= 0.6 is 0 Å². The number of ether oxygens (including phenoxy) is 3. The molecule has 1 amide bonds. The molecule has 2 aromatic carbocycles. The molecule has 2 atom stereocenters. The molecule has 1 spiro atoms. The van der Waals surface area contributed by atoms with Gasteiger partial charge >= 0.3 is 0 Å². The molecule has 5 nitrogen and oxygen atoms in total. The van der Waals surface area contributed by atoms with Crippen LogP contribution in [0.2, 0.25) is 0 Å². The zero-order valence-electron chi connectivity index (χ0n) is 13.9. The van der Waals surface area contributed by atoms with Gasteiger partial charge in [0.1, 0.15) is 11.5 Å². The van der Waals surface area contributed by atoms with Crippen LogP contribution in [0, 0.1) is 0 Å². The number of anilines is 1. The second-order valence-corrected chi connectivity index (χ2v) is 6.18. The molecule has 2 heterocycles. The van der Waals surface area contributed by atoms with E-state index in [0.717, 1.165) is 22.4 Å². The molecule has 0 saturated heterocycles. The zero-order valence-corrected chi connectivity index (χ0v) is 13.9. The SMILES string of the molecule is COc1cc2c(c(OC)c1)[C@]1(O[C@H](C)C2)C(=O)Nc2ccccc21. The van der Waals surface area contributed by atoms with E-state index in [0.29, 0.717) is 17.9 Å². The molecular weight excluding hydrogens is 306 g/mol. The lowest BCUT2D eigenvalue weighted by molar-refractivity contribution is -0.144. The first-order valence-corrected chi connectivity index (χ1v) is 7.94. The van der Waals surface area contributed by atoms with Crippen LogP contribution in [0.4, 0.5) is 5.69 Å². The predicted molar refractivity (Wildman–Crippen MR) is 89.6 cm³/mol. The summed E-state index contributed by atoms with van der Waals surface area (Å²) in [5.41, 5.74) is 2.20. The van der Waals surface area contributed by atoms with Gasteiger partial charge in [-0.2, -0.15) is 0 Å². The van der Waals surface area contributed by atoms with Crippen LogP contribution in [-0.4, -0.2) is 26.2 Å². The lowest BCUT2D eigenvalue weighted by atomic mass is 9.79. The number of benzene rings is 2. The molecule has 24 heavy (non-hydrogen) atoms. The fraction of sp³-hybridized carbons (Fsp3) is 0.316. The van der Waals surface area contributed by atoms with E-state index in [4.69, 9.17) is 14.2 Å². The van der Waals surface area contributed by atoms with Gasteiger partial charge in [-0.15, -0.1) is 0 Å². The maximum Gasteiger partial charge on any atom is 0.266 e. The Morgan fingerprint density at radius 3 is 2.75 bits per heavy atom. The van der Waals surface area contributed by atoms with E-state index < -0.39 is 5.60 Å². The Morgan fingerprint density at radius 1 is 1.21 bits per heavy atom. The van der Waals surface area contributed by atoms with Crippen molar-refractivity contribution < 1.29 is 19.0 Å². The molecule has 0 bridgehead atoms. The number of carbonyl (C=O) groups excluding carboxylic acids is 1. The lowest BCUT2D eigenvalue weighted by Crippen LogP contribution is -2.45. The minimum Gasteiger partial charge on any atom is -0.497 e. The summed E-state index contributed by atoms with van der Waals surface area (Å²) >= 11 is 0. The van der Waals surface area contributed by atoms with Crippen molar-refractivity contribution >= 4 is 11.6 Å². The number of carbonyl (C=O) groups is 1. The number of hydrogen-bond acceptors (Lipinski definition) is 4. The molecule has 124 valence electrons. The van der Waals surface area contributed by atoms with Gasteiger partial charge in [0.15, 0.2) is 0 Å². The molecule has 0 saturated carbocycles. The number of hydrogen-bond donors (Lipinski definition) is 1. The maximum atomic E-state index is 13.0. The average Bonchev–Trinajstić information content (AvgIpc) is 2.85. The summed E-state index contributed by atoms with van der Waals surface area (Å²) in [5.74, 6) is 1.13. The summed E-state index contributed by atoms with van der Waals surface area (Å²) in [7, 11) is 3.22. The minimum absolute atomic E-state index is 0.105. The monoisotopic (exact) mass is 325 g/mol. The molecule has 2 aliphatic heterocycles. The quantitative estimate of drug-likeness (QED) is 0.922. The highest BCUT2D eigenvalue weighted by Crippen LogP contribution is 2.52. The van der Waals surface area contributed by atoms with Crippen molar-refractivity contribution in [1.29, 1.82) is 0 Å². The Morgan fingerprint density at radius 2 is 2.00 bits per heavy atom. The van der Waals surface area contributed by atoms with Gasteiger partial charge in [-0.1, -0.05) is 18.2 Å². The molecule has 0 unspecified atom stereocenters. The highest BCUT2D eigenvalue weighted by molar-refractivity contribution is 6.08. The topological polar surface area (TPSA) is 56.8 Å². The van der Waals surface area contributed by atoms with E-state index in [1.807, 2.05) is 37.3 Å². The molecule has 0 fully saturated rings. The highest BCUT2D eigenvalue weighted by Gasteiger charge is 2.55. The largest absolute Gasteiger partial charge is 0.497 e. The van der Waals surface area contributed by atoms with E-state index >= 15 is 0 Å². The molecule has 5 heteroatoms. The molecule has 0 radical (unpaired) electrons. The van der Waals surface area contributed by atoms with E-state index in [2.05, 4.69) is 5.32 Å². The number of para-hydroxylation sites is 1. The Kier molecular flexibility index (Phi) is 3.28. The fourth-order valence-corrected chi connectivity index (χ4v) is 3.79. The third-order valence-corrected chi connectivity index (χ3v) is 4.72. The van der Waals surface area contributed by atoms with Gasteiger partial charge in [0.25, 0.3) is 5.91 Å². The van der Waals surface area contributed by atoms with Gasteiger partial charge in [0, 0.05) is 22.9 Å². The van der Waals surface area contributed by atoms with Gasteiger partial charge in [-0.25, -0.2) is 0 Å². The maximum absolute atomic E-state index is 13.0. The number of amides is 1. The molecule has 4 rings (SSSR count). The summed E-state index contributed by atoms with van der Waals surface area (Å²) < 4.78 is 17.3. The molecule has 2 aliphatic rings. The fourth-order valence-electron chi connectivity index (χ4n) is 3.79. The predicted octanol–water partition coefficient (Wildman–Crippen LogP) is 2.86. The highest BCUT2D eigenvalue weighted by atomic mass is 16.5. The molecule has 1 N–H and O–H groups in total. The van der Waals surface area contributed by atoms with E-state index in [-0.39, 0.29) is 12.0 Å². The first-order valence-electron chi connectivity index (χ1n) is 7.94. The van der Waals surface area contributed by atoms with E-state index in [9.17, 15) is 4.79 Å². The van der Waals surface area contributed by atoms with Crippen LogP contribution in [0.1, 0.15) is 23.6 Å². The molecule has 2 aromatic rings. The van der Waals surface area contributed by atoms with Crippen LogP contribution in [-0.2, 0) is 21.6 Å². The number of methoxy groups -OCH3 is 2. The Balaban J connectivity index is 2.05. The Labute approximate surface area is 140 Å². The van der Waals surface area contributed by atoms with Gasteiger partial charge in [0.2, 0.25) is 5.60 Å². The van der Waals surface area contributed by atoms with Gasteiger partial charge in [-0.05, 0) is 31.0 Å². The van der Waals surface area contributed by atoms with Crippen molar-refractivity contribution in [3.63, 3.8) is 0 Å². The van der Waals surface area contributed by atoms with Crippen molar-refractivity contribution in [3.05, 3.63) is 53.1 Å². The van der Waals surface area contributed by atoms with E-state index in [1.165, 1.54) is 0 Å². The standard InChI is InChI=1S/C19H19NO4/c1-11-8-12-9-13(22-2)10-16(23-3)17(12)19(24-11)14-6-4-5-7-15(14)20-18(19)21/h4-7,9-11H,8H2,1-3H3,(H,20,21)/t11-,19+/m1/s1. The molecule has 0 aliphatic carbocycles. The normalized spacial score (nSPS) is 24.3. The van der Waals surface area contributed by atoms with Gasteiger partial charge in [0.05, 0.1) is 20.3 Å². The number of fused-ring (bicyclic) bond motifs is 4. The van der Waals surface area contributed by atoms with Crippen molar-refractivity contribution in [2.24, 2.45) is 0 Å². The third kappa shape index (κ3) is 1.88. The zero-order chi connectivity index (χ0) is 16.9. The first-order chi connectivity index (χ1) is 11.6. The van der Waals surface area contributed by atoms with Crippen molar-refractivity contribution in [1.82, 2.24) is 0 Å². The molecule has 0 aromatic heterocycles. The molecular formula is C19H19NO4. The van der Waals surface area contributed by atoms with Crippen LogP contribution in [0.15, 0.2) is 36.4 Å². The van der Waals surface area contributed by atoms with Crippen molar-refractivity contribution in [3.8, 4) is 11.5 Å². The summed E-state index contributed by atoms with van der Waals surface area (Å²) in [4.78, 5) is 13.0. The van der Waals surface area contributed by atoms with Crippen LogP contribution < -0.4 is 14.8 Å². The number of rotatable bonds is 2. The van der Waals surface area contributed by atoms with Gasteiger partial charge < -0.3 is 19.5 Å². The van der Waals surface area contributed by atoms with E-state index in [1.54, 1.807) is 20.3 Å². The van der Waals surface area contributed by atoms with Crippen molar-refractivity contribution in [2.75, 3.05) is 19.5 Å². The average molecular weight is 325 g/mol.